The van der Waals surface area contributed by atoms with Gasteiger partial charge in [0.1, 0.15) is 0 Å². The van der Waals surface area contributed by atoms with E-state index in [9.17, 15) is 0 Å². The van der Waals surface area contributed by atoms with E-state index < -0.39 is 0 Å². The standard InChI is InChI=1S/C18H26O2S/c1-14(17-11-7-8-12-18(19-3)20-17)13-15(2)21-16-9-5-4-6-10-16/h4-6,9-10,14,17-18H,2,7-8,11-13H2,1,3H3. The van der Waals surface area contributed by atoms with E-state index in [2.05, 4.69) is 37.8 Å². The summed E-state index contributed by atoms with van der Waals surface area (Å²) >= 11 is 1.77. The lowest BCUT2D eigenvalue weighted by Crippen LogP contribution is -2.27. The predicted octanol–water partition coefficient (Wildman–Crippen LogP) is 5.25. The van der Waals surface area contributed by atoms with Gasteiger partial charge in [0.25, 0.3) is 0 Å². The van der Waals surface area contributed by atoms with Crippen molar-refractivity contribution in [2.24, 2.45) is 5.92 Å². The van der Waals surface area contributed by atoms with Gasteiger partial charge in [-0.1, -0.05) is 49.9 Å². The van der Waals surface area contributed by atoms with E-state index in [1.54, 1.807) is 18.9 Å². The summed E-state index contributed by atoms with van der Waals surface area (Å²) in [5.41, 5.74) is 0. The predicted molar refractivity (Wildman–Crippen MR) is 89.4 cm³/mol. The molecular weight excluding hydrogens is 280 g/mol. The maximum atomic E-state index is 6.10. The van der Waals surface area contributed by atoms with Gasteiger partial charge in [0, 0.05) is 12.0 Å². The molecule has 0 spiro atoms. The number of hydrogen-bond donors (Lipinski definition) is 0. The molecule has 1 fully saturated rings. The molecule has 2 nitrogen and oxygen atoms in total. The molecule has 1 heterocycles. The molecule has 1 saturated heterocycles. The van der Waals surface area contributed by atoms with Crippen LogP contribution in [-0.4, -0.2) is 19.5 Å². The highest BCUT2D eigenvalue weighted by molar-refractivity contribution is 8.03. The fourth-order valence-electron chi connectivity index (χ4n) is 2.77. The van der Waals surface area contributed by atoms with E-state index in [4.69, 9.17) is 9.47 Å². The third-order valence-corrected chi connectivity index (χ3v) is 4.92. The Labute approximate surface area is 132 Å². The molecule has 0 saturated carbocycles. The second-order valence-corrected chi connectivity index (χ2v) is 7.01. The summed E-state index contributed by atoms with van der Waals surface area (Å²) in [6, 6.07) is 10.4. The van der Waals surface area contributed by atoms with Crippen LogP contribution in [0.3, 0.4) is 0 Å². The number of hydrogen-bond acceptors (Lipinski definition) is 3. The normalized spacial score (nSPS) is 24.3. The van der Waals surface area contributed by atoms with E-state index in [0.29, 0.717) is 5.92 Å². The third kappa shape index (κ3) is 5.50. The summed E-state index contributed by atoms with van der Waals surface area (Å²) in [5.74, 6) is 0.476. The Balaban J connectivity index is 1.84. The first-order chi connectivity index (χ1) is 10.2. The zero-order valence-electron chi connectivity index (χ0n) is 13.1. The van der Waals surface area contributed by atoms with E-state index in [0.717, 1.165) is 19.3 Å². The van der Waals surface area contributed by atoms with E-state index in [1.807, 2.05) is 6.07 Å². The molecule has 116 valence electrons. The first kappa shape index (κ1) is 16.6. The number of thioether (sulfide) groups is 1. The SMILES string of the molecule is C=C(CC(C)C1CCCCC(OC)O1)Sc1ccccc1. The zero-order chi connectivity index (χ0) is 15.1. The van der Waals surface area contributed by atoms with Gasteiger partial charge in [-0.2, -0.15) is 0 Å². The van der Waals surface area contributed by atoms with Crippen LogP contribution in [0, 0.1) is 5.92 Å². The van der Waals surface area contributed by atoms with Gasteiger partial charge in [-0.25, -0.2) is 0 Å². The fourth-order valence-corrected chi connectivity index (χ4v) is 3.74. The van der Waals surface area contributed by atoms with E-state index in [1.165, 1.54) is 22.6 Å². The minimum absolute atomic E-state index is 0.0324. The van der Waals surface area contributed by atoms with Crippen LogP contribution in [0.2, 0.25) is 0 Å². The van der Waals surface area contributed by atoms with Crippen LogP contribution >= 0.6 is 11.8 Å². The molecule has 1 aromatic carbocycles. The maximum absolute atomic E-state index is 6.10. The van der Waals surface area contributed by atoms with Gasteiger partial charge < -0.3 is 9.47 Å². The molecule has 1 aromatic rings. The quantitative estimate of drug-likeness (QED) is 0.669. The van der Waals surface area contributed by atoms with Crippen molar-refractivity contribution in [3.63, 3.8) is 0 Å². The molecule has 3 heteroatoms. The topological polar surface area (TPSA) is 18.5 Å². The zero-order valence-corrected chi connectivity index (χ0v) is 13.9. The second-order valence-electron chi connectivity index (χ2n) is 5.76. The molecule has 1 aliphatic heterocycles. The van der Waals surface area contributed by atoms with E-state index in [-0.39, 0.29) is 12.4 Å². The van der Waals surface area contributed by atoms with Crippen molar-refractivity contribution >= 4 is 11.8 Å². The smallest absolute Gasteiger partial charge is 0.157 e. The van der Waals surface area contributed by atoms with Gasteiger partial charge in [0.05, 0.1) is 6.10 Å². The fraction of sp³-hybridized carbons (Fsp3) is 0.556. The Morgan fingerprint density at radius 2 is 2.05 bits per heavy atom. The first-order valence-electron chi connectivity index (χ1n) is 7.78. The van der Waals surface area contributed by atoms with Crippen molar-refractivity contribution in [1.82, 2.24) is 0 Å². The molecule has 0 radical (unpaired) electrons. The molecule has 0 amide bonds. The van der Waals surface area contributed by atoms with Crippen LogP contribution in [0.5, 0.6) is 0 Å². The van der Waals surface area contributed by atoms with Crippen LogP contribution in [0.25, 0.3) is 0 Å². The van der Waals surface area contributed by atoms with Crippen molar-refractivity contribution in [1.29, 1.82) is 0 Å². The second kappa shape index (κ2) is 8.62. The molecule has 0 aliphatic carbocycles. The van der Waals surface area contributed by atoms with Crippen LogP contribution in [0.4, 0.5) is 0 Å². The molecule has 0 N–H and O–H groups in total. The summed E-state index contributed by atoms with van der Waals surface area (Å²) in [4.78, 5) is 2.46. The van der Waals surface area contributed by atoms with Crippen molar-refractivity contribution in [2.45, 2.75) is 56.3 Å². The van der Waals surface area contributed by atoms with Gasteiger partial charge in [0.2, 0.25) is 0 Å². The number of ether oxygens (including phenoxy) is 2. The Kier molecular flexibility index (Phi) is 6.81. The Hall–Kier alpha value is -0.770. The summed E-state index contributed by atoms with van der Waals surface area (Å²) < 4.78 is 11.5. The Morgan fingerprint density at radius 1 is 1.33 bits per heavy atom. The van der Waals surface area contributed by atoms with Gasteiger partial charge in [-0.3, -0.25) is 0 Å². The number of allylic oxidation sites excluding steroid dienone is 1. The average Bonchev–Trinajstić information content (AvgIpc) is 2.73. The third-order valence-electron chi connectivity index (χ3n) is 3.96. The molecule has 0 bridgehead atoms. The van der Waals surface area contributed by atoms with Crippen LogP contribution in [0.1, 0.15) is 39.0 Å². The molecule has 2 rings (SSSR count). The lowest BCUT2D eigenvalue weighted by molar-refractivity contribution is -0.163. The summed E-state index contributed by atoms with van der Waals surface area (Å²) in [6.07, 6.45) is 5.81. The average molecular weight is 306 g/mol. The molecule has 21 heavy (non-hydrogen) atoms. The van der Waals surface area contributed by atoms with E-state index >= 15 is 0 Å². The van der Waals surface area contributed by atoms with Crippen LogP contribution < -0.4 is 0 Å². The van der Waals surface area contributed by atoms with Crippen molar-refractivity contribution < 1.29 is 9.47 Å². The Morgan fingerprint density at radius 3 is 2.76 bits per heavy atom. The Bertz CT molecular complexity index is 432. The number of methoxy groups -OCH3 is 1. The van der Waals surface area contributed by atoms with Crippen LogP contribution in [0.15, 0.2) is 46.7 Å². The van der Waals surface area contributed by atoms with Gasteiger partial charge in [-0.15, -0.1) is 0 Å². The number of rotatable bonds is 6. The minimum Gasteiger partial charge on any atom is -0.356 e. The van der Waals surface area contributed by atoms with Crippen molar-refractivity contribution in [3.8, 4) is 0 Å². The first-order valence-corrected chi connectivity index (χ1v) is 8.59. The molecular formula is C18H26O2S. The van der Waals surface area contributed by atoms with Crippen molar-refractivity contribution in [2.75, 3.05) is 7.11 Å². The number of benzene rings is 1. The maximum Gasteiger partial charge on any atom is 0.157 e. The molecule has 3 unspecified atom stereocenters. The monoisotopic (exact) mass is 306 g/mol. The van der Waals surface area contributed by atoms with Crippen molar-refractivity contribution in [3.05, 3.63) is 41.8 Å². The van der Waals surface area contributed by atoms with Gasteiger partial charge in [-0.05, 0) is 48.6 Å². The highest BCUT2D eigenvalue weighted by atomic mass is 32.2. The largest absolute Gasteiger partial charge is 0.356 e. The summed E-state index contributed by atoms with van der Waals surface area (Å²) in [5, 5.41) is 0. The summed E-state index contributed by atoms with van der Waals surface area (Å²) in [7, 11) is 1.74. The highest BCUT2D eigenvalue weighted by Gasteiger charge is 2.25. The van der Waals surface area contributed by atoms with Gasteiger partial charge >= 0.3 is 0 Å². The van der Waals surface area contributed by atoms with Crippen LogP contribution in [-0.2, 0) is 9.47 Å². The molecule has 0 aromatic heterocycles. The lowest BCUT2D eigenvalue weighted by Gasteiger charge is -2.26. The lowest BCUT2D eigenvalue weighted by atomic mass is 9.96. The summed E-state index contributed by atoms with van der Waals surface area (Å²) in [6.45, 7) is 6.49. The highest BCUT2D eigenvalue weighted by Crippen LogP contribution is 2.33. The molecule has 3 atom stereocenters. The molecule has 1 aliphatic rings. The minimum atomic E-state index is -0.0324. The van der Waals surface area contributed by atoms with Gasteiger partial charge in [0.15, 0.2) is 6.29 Å².